The highest BCUT2D eigenvalue weighted by Gasteiger charge is 2.20. The van der Waals surface area contributed by atoms with Crippen molar-refractivity contribution >= 4 is 51.4 Å². The van der Waals surface area contributed by atoms with E-state index in [4.69, 9.17) is 11.6 Å². The van der Waals surface area contributed by atoms with Crippen LogP contribution in [0, 0.1) is 5.41 Å². The van der Waals surface area contributed by atoms with Crippen LogP contribution in [0.15, 0.2) is 29.3 Å². The minimum atomic E-state index is -2.93. The van der Waals surface area contributed by atoms with Crippen molar-refractivity contribution in [1.82, 2.24) is 10.6 Å². The molecule has 2 N–H and O–H groups in total. The quantitative estimate of drug-likeness (QED) is 0.326. The maximum Gasteiger partial charge on any atom is 0.191 e. The van der Waals surface area contributed by atoms with Gasteiger partial charge in [-0.15, -0.1) is 24.0 Å². The molecule has 1 rings (SSSR count). The maximum absolute atomic E-state index is 11.3. The molecule has 0 saturated carbocycles. The zero-order valence-electron chi connectivity index (χ0n) is 15.3. The minimum Gasteiger partial charge on any atom is -0.356 e. The van der Waals surface area contributed by atoms with Crippen molar-refractivity contribution in [3.63, 3.8) is 0 Å². The van der Waals surface area contributed by atoms with E-state index >= 15 is 0 Å². The summed E-state index contributed by atoms with van der Waals surface area (Å²) >= 11 is 5.87. The Labute approximate surface area is 174 Å². The smallest absolute Gasteiger partial charge is 0.191 e. The van der Waals surface area contributed by atoms with Crippen molar-refractivity contribution in [2.75, 3.05) is 32.1 Å². The first kappa shape index (κ1) is 24.5. The molecule has 0 aliphatic rings. The summed E-state index contributed by atoms with van der Waals surface area (Å²) in [6.07, 6.45) is 2.75. The van der Waals surface area contributed by atoms with Crippen LogP contribution in [0.5, 0.6) is 0 Å². The van der Waals surface area contributed by atoms with Crippen molar-refractivity contribution in [3.05, 3.63) is 34.9 Å². The zero-order chi connectivity index (χ0) is 18.2. The van der Waals surface area contributed by atoms with Crippen LogP contribution in [0.1, 0.15) is 25.8 Å². The third kappa shape index (κ3) is 11.6. The van der Waals surface area contributed by atoms with Gasteiger partial charge in [0.15, 0.2) is 5.96 Å². The van der Waals surface area contributed by atoms with Gasteiger partial charge >= 0.3 is 0 Å². The molecule has 0 atom stereocenters. The Bertz CT molecular complexity index is 646. The summed E-state index contributed by atoms with van der Waals surface area (Å²) in [7, 11) is -1.21. The lowest BCUT2D eigenvalue weighted by molar-refractivity contribution is 0.348. The fourth-order valence-corrected chi connectivity index (χ4v) is 3.12. The Hall–Kier alpha value is -0.540. The van der Waals surface area contributed by atoms with E-state index in [0.717, 1.165) is 23.9 Å². The van der Waals surface area contributed by atoms with Gasteiger partial charge in [0.05, 0.1) is 5.75 Å². The zero-order valence-corrected chi connectivity index (χ0v) is 19.2. The van der Waals surface area contributed by atoms with E-state index in [1.54, 1.807) is 7.05 Å². The maximum atomic E-state index is 11.3. The average Bonchev–Trinajstić information content (AvgIpc) is 2.50. The first-order valence-corrected chi connectivity index (χ1v) is 10.4. The van der Waals surface area contributed by atoms with Gasteiger partial charge in [-0.25, -0.2) is 8.42 Å². The van der Waals surface area contributed by atoms with Gasteiger partial charge in [-0.05, 0) is 36.0 Å². The van der Waals surface area contributed by atoms with E-state index in [-0.39, 0.29) is 35.1 Å². The van der Waals surface area contributed by atoms with Crippen LogP contribution in [0.4, 0.5) is 0 Å². The number of nitrogens with zero attached hydrogens (tertiary/aromatic N) is 1. The Morgan fingerprint density at radius 3 is 2.32 bits per heavy atom. The number of nitrogens with one attached hydrogen (secondary N) is 2. The molecule has 0 heterocycles. The molecule has 1 aromatic carbocycles. The monoisotopic (exact) mass is 501 g/mol. The Morgan fingerprint density at radius 2 is 1.80 bits per heavy atom. The standard InChI is InChI=1S/C17H28ClN3O2S.HI/c1-17(2,10-12-24(4,22)23)13-21-16(19-3)20-11-9-14-5-7-15(18)8-6-14;/h5-8H,9-13H2,1-4H3,(H2,19,20,21);1H. The molecule has 0 aromatic heterocycles. The van der Waals surface area contributed by atoms with Crippen LogP contribution in [0.25, 0.3) is 0 Å². The van der Waals surface area contributed by atoms with Crippen LogP contribution in [0.2, 0.25) is 5.02 Å². The highest BCUT2D eigenvalue weighted by atomic mass is 127. The molecule has 5 nitrogen and oxygen atoms in total. The molecule has 0 spiro atoms. The summed E-state index contributed by atoms with van der Waals surface area (Å²) in [6.45, 7) is 5.51. The van der Waals surface area contributed by atoms with Gasteiger partial charge in [0, 0.05) is 31.4 Å². The molecular weight excluding hydrogens is 473 g/mol. The molecule has 0 radical (unpaired) electrons. The van der Waals surface area contributed by atoms with E-state index in [9.17, 15) is 8.42 Å². The second kappa shape index (κ2) is 11.2. The highest BCUT2D eigenvalue weighted by Crippen LogP contribution is 2.19. The number of sulfone groups is 1. The average molecular weight is 502 g/mol. The molecule has 0 amide bonds. The lowest BCUT2D eigenvalue weighted by Crippen LogP contribution is -2.43. The number of benzene rings is 1. The Morgan fingerprint density at radius 1 is 1.20 bits per heavy atom. The highest BCUT2D eigenvalue weighted by molar-refractivity contribution is 14.0. The van der Waals surface area contributed by atoms with Crippen molar-refractivity contribution in [1.29, 1.82) is 0 Å². The number of hydrogen-bond acceptors (Lipinski definition) is 3. The molecule has 0 saturated heterocycles. The first-order valence-electron chi connectivity index (χ1n) is 7.98. The Balaban J connectivity index is 0.00000576. The number of hydrogen-bond donors (Lipinski definition) is 2. The van der Waals surface area contributed by atoms with Crippen molar-refractivity contribution in [2.45, 2.75) is 26.7 Å². The minimum absolute atomic E-state index is 0. The molecule has 0 bridgehead atoms. The number of rotatable bonds is 8. The van der Waals surface area contributed by atoms with Gasteiger partial charge in [-0.1, -0.05) is 37.6 Å². The summed E-state index contributed by atoms with van der Waals surface area (Å²) in [4.78, 5) is 4.20. The summed E-state index contributed by atoms with van der Waals surface area (Å²) in [6, 6.07) is 7.78. The van der Waals surface area contributed by atoms with E-state index in [1.807, 2.05) is 38.1 Å². The van der Waals surface area contributed by atoms with Gasteiger partial charge in [0.1, 0.15) is 9.84 Å². The van der Waals surface area contributed by atoms with Gasteiger partial charge in [-0.3, -0.25) is 4.99 Å². The van der Waals surface area contributed by atoms with Crippen LogP contribution in [0.3, 0.4) is 0 Å². The fraction of sp³-hybridized carbons (Fsp3) is 0.588. The molecule has 0 fully saturated rings. The molecule has 1 aromatic rings. The van der Waals surface area contributed by atoms with Crippen LogP contribution < -0.4 is 10.6 Å². The van der Waals surface area contributed by atoms with E-state index in [0.29, 0.717) is 13.0 Å². The van der Waals surface area contributed by atoms with E-state index in [1.165, 1.54) is 11.8 Å². The number of halogens is 2. The van der Waals surface area contributed by atoms with Crippen molar-refractivity contribution in [3.8, 4) is 0 Å². The summed E-state index contributed by atoms with van der Waals surface area (Å²) in [5.41, 5.74) is 1.08. The Kier molecular flexibility index (Phi) is 11.0. The molecule has 144 valence electrons. The van der Waals surface area contributed by atoms with Gasteiger partial charge < -0.3 is 10.6 Å². The molecule has 0 unspecified atom stereocenters. The second-order valence-electron chi connectivity index (χ2n) is 6.77. The normalized spacial score (nSPS) is 12.4. The van der Waals surface area contributed by atoms with Gasteiger partial charge in [-0.2, -0.15) is 0 Å². The molecular formula is C17H29ClIN3O2S. The molecule has 0 aliphatic heterocycles. The van der Waals surface area contributed by atoms with Crippen molar-refractivity contribution in [2.24, 2.45) is 10.4 Å². The number of aliphatic imine (C=N–C) groups is 1. The van der Waals surface area contributed by atoms with Crippen LogP contribution in [-0.2, 0) is 16.3 Å². The van der Waals surface area contributed by atoms with E-state index in [2.05, 4.69) is 15.6 Å². The first-order chi connectivity index (χ1) is 11.1. The topological polar surface area (TPSA) is 70.6 Å². The third-order valence-corrected chi connectivity index (χ3v) is 4.92. The molecule has 25 heavy (non-hydrogen) atoms. The third-order valence-electron chi connectivity index (χ3n) is 3.73. The van der Waals surface area contributed by atoms with Crippen LogP contribution >= 0.6 is 35.6 Å². The largest absolute Gasteiger partial charge is 0.356 e. The van der Waals surface area contributed by atoms with Gasteiger partial charge in [0.25, 0.3) is 0 Å². The SMILES string of the molecule is CN=C(NCCc1ccc(Cl)cc1)NCC(C)(C)CCS(C)(=O)=O.I. The summed E-state index contributed by atoms with van der Waals surface area (Å²) in [5.74, 6) is 0.918. The molecule has 0 aliphatic carbocycles. The fourth-order valence-electron chi connectivity index (χ4n) is 2.07. The number of guanidine groups is 1. The lowest BCUT2D eigenvalue weighted by atomic mass is 9.90. The predicted octanol–water partition coefficient (Wildman–Crippen LogP) is 3.13. The van der Waals surface area contributed by atoms with Crippen LogP contribution in [-0.4, -0.2) is 46.5 Å². The summed E-state index contributed by atoms with van der Waals surface area (Å²) in [5, 5.41) is 7.27. The summed E-state index contributed by atoms with van der Waals surface area (Å²) < 4.78 is 22.6. The molecule has 8 heteroatoms. The van der Waals surface area contributed by atoms with E-state index < -0.39 is 9.84 Å². The van der Waals surface area contributed by atoms with Gasteiger partial charge in [0.2, 0.25) is 0 Å². The second-order valence-corrected chi connectivity index (χ2v) is 9.47. The van der Waals surface area contributed by atoms with Crippen molar-refractivity contribution < 1.29 is 8.42 Å². The lowest BCUT2D eigenvalue weighted by Gasteiger charge is -2.25. The predicted molar refractivity (Wildman–Crippen MR) is 118 cm³/mol.